The normalized spacial score (nSPS) is 21.5. The zero-order valence-electron chi connectivity index (χ0n) is 13.2. The number of amides is 1. The third-order valence-electron chi connectivity index (χ3n) is 4.28. The third kappa shape index (κ3) is 5.40. The number of benzene rings is 1. The number of alkyl halides is 3. The maximum atomic E-state index is 13.4. The number of rotatable bonds is 6. The fraction of sp³-hybridized carbons (Fsp3) is 0.588. The molecule has 2 atom stereocenters. The Morgan fingerprint density at radius 3 is 2.62 bits per heavy atom. The molecule has 0 spiro atoms. The molecule has 24 heavy (non-hydrogen) atoms. The van der Waals surface area contributed by atoms with Gasteiger partial charge >= 0.3 is 6.18 Å². The molecule has 1 N–H and O–H groups in total. The van der Waals surface area contributed by atoms with Crippen molar-refractivity contribution < 1.29 is 22.4 Å². The summed E-state index contributed by atoms with van der Waals surface area (Å²) in [6, 6.07) is 6.45. The average Bonchev–Trinajstić information content (AvgIpc) is 2.55. The second kappa shape index (κ2) is 8.74. The van der Waals surface area contributed by atoms with E-state index in [1.807, 2.05) is 0 Å². The predicted molar refractivity (Wildman–Crippen MR) is 87.1 cm³/mol. The highest BCUT2D eigenvalue weighted by molar-refractivity contribution is 7.98. The minimum atomic E-state index is -4.32. The summed E-state index contributed by atoms with van der Waals surface area (Å²) in [7, 11) is 0. The molecule has 1 aliphatic carbocycles. The van der Waals surface area contributed by atoms with Gasteiger partial charge in [-0.1, -0.05) is 31.0 Å². The summed E-state index contributed by atoms with van der Waals surface area (Å²) in [5, 5.41) is 2.60. The summed E-state index contributed by atoms with van der Waals surface area (Å²) in [6.07, 6.45) is -2.82. The van der Waals surface area contributed by atoms with E-state index in [2.05, 4.69) is 5.32 Å². The van der Waals surface area contributed by atoms with Crippen molar-refractivity contribution in [2.45, 2.75) is 37.6 Å². The Kier molecular flexibility index (Phi) is 6.95. The molecule has 1 fully saturated rings. The van der Waals surface area contributed by atoms with Gasteiger partial charge in [0, 0.05) is 24.0 Å². The first-order valence-electron chi connectivity index (χ1n) is 8.05. The molecule has 1 amide bonds. The monoisotopic (exact) mass is 363 g/mol. The molecule has 0 heterocycles. The minimum Gasteiger partial charge on any atom is -0.355 e. The van der Waals surface area contributed by atoms with Crippen LogP contribution in [0.5, 0.6) is 0 Å². The van der Waals surface area contributed by atoms with Gasteiger partial charge in [-0.2, -0.15) is 24.9 Å². The predicted octanol–water partition coefficient (Wildman–Crippen LogP) is 4.54. The van der Waals surface area contributed by atoms with Crippen LogP contribution in [-0.4, -0.2) is 24.4 Å². The molecule has 134 valence electrons. The van der Waals surface area contributed by atoms with Gasteiger partial charge in [0.2, 0.25) is 5.91 Å². The number of halogens is 4. The maximum absolute atomic E-state index is 13.4. The molecule has 1 saturated carbocycles. The summed E-state index contributed by atoms with van der Waals surface area (Å²) in [4.78, 5) is 12.1. The van der Waals surface area contributed by atoms with Gasteiger partial charge in [-0.3, -0.25) is 4.79 Å². The van der Waals surface area contributed by atoms with Crippen LogP contribution in [-0.2, 0) is 10.5 Å². The zero-order chi connectivity index (χ0) is 17.6. The number of nitrogens with one attached hydrogen (secondary N) is 1. The second-order valence-electron chi connectivity index (χ2n) is 5.97. The SMILES string of the molecule is O=C(NCCSCc1ccccc1F)C1CCCCC1C(F)(F)F. The molecule has 0 saturated heterocycles. The van der Waals surface area contributed by atoms with Crippen LogP contribution in [0.1, 0.15) is 31.2 Å². The van der Waals surface area contributed by atoms with Crippen molar-refractivity contribution in [3.8, 4) is 0 Å². The van der Waals surface area contributed by atoms with E-state index in [0.717, 1.165) is 0 Å². The van der Waals surface area contributed by atoms with Crippen LogP contribution in [0.25, 0.3) is 0 Å². The summed E-state index contributed by atoms with van der Waals surface area (Å²) in [5.74, 6) is -2.29. The van der Waals surface area contributed by atoms with E-state index in [4.69, 9.17) is 0 Å². The zero-order valence-corrected chi connectivity index (χ0v) is 14.1. The van der Waals surface area contributed by atoms with Gasteiger partial charge in [0.05, 0.1) is 5.92 Å². The highest BCUT2D eigenvalue weighted by Crippen LogP contribution is 2.41. The van der Waals surface area contributed by atoms with Gasteiger partial charge in [0.25, 0.3) is 0 Å². The molecule has 0 radical (unpaired) electrons. The number of carbonyl (C=O) groups is 1. The van der Waals surface area contributed by atoms with Crippen molar-refractivity contribution in [3.05, 3.63) is 35.6 Å². The standard InChI is InChI=1S/C17H21F4NOS/c18-15-8-4-1-5-12(15)11-24-10-9-22-16(23)13-6-2-3-7-14(13)17(19,20)21/h1,4-5,8,13-14H,2-3,6-7,9-11H2,(H,22,23). The molecular formula is C17H21F4NOS. The first-order valence-corrected chi connectivity index (χ1v) is 9.20. The van der Waals surface area contributed by atoms with Crippen molar-refractivity contribution in [2.24, 2.45) is 11.8 Å². The fourth-order valence-corrected chi connectivity index (χ4v) is 3.86. The van der Waals surface area contributed by atoms with Crippen LogP contribution in [0.2, 0.25) is 0 Å². The summed E-state index contributed by atoms with van der Waals surface area (Å²) >= 11 is 1.44. The van der Waals surface area contributed by atoms with Crippen molar-refractivity contribution in [3.63, 3.8) is 0 Å². The second-order valence-corrected chi connectivity index (χ2v) is 7.08. The van der Waals surface area contributed by atoms with E-state index in [-0.39, 0.29) is 12.2 Å². The van der Waals surface area contributed by atoms with Gasteiger partial charge in [-0.25, -0.2) is 4.39 Å². The van der Waals surface area contributed by atoms with E-state index in [1.54, 1.807) is 18.2 Å². The topological polar surface area (TPSA) is 29.1 Å². The van der Waals surface area contributed by atoms with Gasteiger partial charge in [0.1, 0.15) is 5.82 Å². The van der Waals surface area contributed by atoms with E-state index in [1.165, 1.54) is 17.8 Å². The maximum Gasteiger partial charge on any atom is 0.392 e. The van der Waals surface area contributed by atoms with Crippen molar-refractivity contribution in [1.82, 2.24) is 5.32 Å². The van der Waals surface area contributed by atoms with Gasteiger partial charge in [0.15, 0.2) is 0 Å². The van der Waals surface area contributed by atoms with Crippen molar-refractivity contribution in [2.75, 3.05) is 12.3 Å². The smallest absolute Gasteiger partial charge is 0.355 e. The van der Waals surface area contributed by atoms with E-state index in [9.17, 15) is 22.4 Å². The molecule has 1 aromatic rings. The van der Waals surface area contributed by atoms with Crippen LogP contribution < -0.4 is 5.32 Å². The Balaban J connectivity index is 1.73. The summed E-state index contributed by atoms with van der Waals surface area (Å²) in [6.45, 7) is 0.291. The molecule has 1 aromatic carbocycles. The average molecular weight is 363 g/mol. The molecule has 0 aromatic heterocycles. The van der Waals surface area contributed by atoms with Crippen LogP contribution in [0.4, 0.5) is 17.6 Å². The molecular weight excluding hydrogens is 342 g/mol. The molecule has 2 rings (SSSR count). The Bertz CT molecular complexity index is 550. The lowest BCUT2D eigenvalue weighted by Gasteiger charge is -2.31. The van der Waals surface area contributed by atoms with Crippen LogP contribution >= 0.6 is 11.8 Å². The summed E-state index contributed by atoms with van der Waals surface area (Å²) < 4.78 is 52.4. The molecule has 0 aliphatic heterocycles. The molecule has 0 bridgehead atoms. The van der Waals surface area contributed by atoms with Crippen LogP contribution in [0.15, 0.2) is 24.3 Å². The van der Waals surface area contributed by atoms with Crippen molar-refractivity contribution >= 4 is 17.7 Å². The van der Waals surface area contributed by atoms with Gasteiger partial charge < -0.3 is 5.32 Å². The quantitative estimate of drug-likeness (QED) is 0.594. The Labute approximate surface area is 143 Å². The first kappa shape index (κ1) is 19.1. The molecule has 7 heteroatoms. The lowest BCUT2D eigenvalue weighted by molar-refractivity contribution is -0.198. The largest absolute Gasteiger partial charge is 0.392 e. The highest BCUT2D eigenvalue weighted by Gasteiger charge is 2.47. The Hall–Kier alpha value is -1.24. The Morgan fingerprint density at radius 1 is 1.21 bits per heavy atom. The van der Waals surface area contributed by atoms with E-state index in [0.29, 0.717) is 42.9 Å². The number of carbonyl (C=O) groups excluding carboxylic acids is 1. The van der Waals surface area contributed by atoms with Crippen LogP contribution in [0.3, 0.4) is 0 Å². The lowest BCUT2D eigenvalue weighted by Crippen LogP contribution is -2.43. The fourth-order valence-electron chi connectivity index (χ4n) is 3.01. The molecule has 1 aliphatic rings. The highest BCUT2D eigenvalue weighted by atomic mass is 32.2. The lowest BCUT2D eigenvalue weighted by atomic mass is 9.78. The first-order chi connectivity index (χ1) is 11.4. The Morgan fingerprint density at radius 2 is 1.92 bits per heavy atom. The number of hydrogen-bond acceptors (Lipinski definition) is 2. The van der Waals surface area contributed by atoms with Gasteiger partial charge in [-0.05, 0) is 24.5 Å². The molecule has 2 unspecified atom stereocenters. The van der Waals surface area contributed by atoms with E-state index < -0.39 is 23.9 Å². The minimum absolute atomic E-state index is 0.0314. The van der Waals surface area contributed by atoms with Crippen LogP contribution in [0, 0.1) is 17.7 Å². The molecule has 2 nitrogen and oxygen atoms in total. The third-order valence-corrected chi connectivity index (χ3v) is 5.29. The van der Waals surface area contributed by atoms with Gasteiger partial charge in [-0.15, -0.1) is 0 Å². The summed E-state index contributed by atoms with van der Waals surface area (Å²) in [5.41, 5.74) is 0.582. The van der Waals surface area contributed by atoms with E-state index >= 15 is 0 Å². The van der Waals surface area contributed by atoms with Crippen molar-refractivity contribution in [1.29, 1.82) is 0 Å². The number of hydrogen-bond donors (Lipinski definition) is 1. The number of thioether (sulfide) groups is 1.